The summed E-state index contributed by atoms with van der Waals surface area (Å²) in [5.41, 5.74) is -3.50. The number of benzene rings is 1. The summed E-state index contributed by atoms with van der Waals surface area (Å²) in [5, 5.41) is 2.39. The Kier molecular flexibility index (Phi) is 7.29. The van der Waals surface area contributed by atoms with Crippen molar-refractivity contribution in [3.63, 3.8) is 0 Å². The number of nitrogens with zero attached hydrogens (tertiary/aromatic N) is 2. The summed E-state index contributed by atoms with van der Waals surface area (Å²) in [5.74, 6) is -4.32. The number of carbonyl (C=O) groups is 3. The van der Waals surface area contributed by atoms with Crippen LogP contribution in [-0.4, -0.2) is 62.0 Å². The van der Waals surface area contributed by atoms with Crippen LogP contribution in [0.25, 0.3) is 0 Å². The van der Waals surface area contributed by atoms with Crippen molar-refractivity contribution in [2.75, 3.05) is 36.5 Å². The van der Waals surface area contributed by atoms with Crippen molar-refractivity contribution in [2.45, 2.75) is 71.2 Å². The number of methoxy groups -OCH3 is 1. The Morgan fingerprint density at radius 3 is 2.34 bits per heavy atom. The average Bonchev–Trinajstić information content (AvgIpc) is 3.50. The summed E-state index contributed by atoms with van der Waals surface area (Å²) in [4.78, 5) is 39.4. The van der Waals surface area contributed by atoms with Crippen molar-refractivity contribution >= 4 is 29.3 Å². The normalized spacial score (nSPS) is 20.0. The van der Waals surface area contributed by atoms with Crippen molar-refractivity contribution in [1.29, 1.82) is 0 Å². The highest BCUT2D eigenvalue weighted by Crippen LogP contribution is 2.44. The molecular formula is C24H32F3N3O5. The van der Waals surface area contributed by atoms with Gasteiger partial charge in [-0.25, -0.2) is 22.8 Å². The number of anilines is 2. The second kappa shape index (κ2) is 9.58. The fourth-order valence-corrected chi connectivity index (χ4v) is 4.39. The van der Waals surface area contributed by atoms with Crippen LogP contribution >= 0.6 is 0 Å². The van der Waals surface area contributed by atoms with Gasteiger partial charge in [0.2, 0.25) is 5.91 Å². The lowest BCUT2D eigenvalue weighted by atomic mass is 10.0. The molecule has 2 fully saturated rings. The van der Waals surface area contributed by atoms with E-state index in [1.54, 1.807) is 20.8 Å². The molecule has 2 amide bonds. The van der Waals surface area contributed by atoms with E-state index in [4.69, 9.17) is 4.74 Å². The molecule has 1 unspecified atom stereocenters. The molecule has 1 aromatic rings. The Morgan fingerprint density at radius 1 is 1.20 bits per heavy atom. The highest BCUT2D eigenvalue weighted by Gasteiger charge is 2.44. The second-order valence-electron chi connectivity index (χ2n) is 10.1. The summed E-state index contributed by atoms with van der Waals surface area (Å²) >= 11 is 0. The topological polar surface area (TPSA) is 88.2 Å². The summed E-state index contributed by atoms with van der Waals surface area (Å²) < 4.78 is 56.0. The zero-order chi connectivity index (χ0) is 26.3. The molecule has 0 aromatic heterocycles. The number of alkyl carbamates (subject to hydrolysis) is 1. The molecule has 1 saturated carbocycles. The van der Waals surface area contributed by atoms with Gasteiger partial charge in [-0.1, -0.05) is 0 Å². The molecule has 1 heterocycles. The second-order valence-corrected chi connectivity index (χ2v) is 10.1. The van der Waals surface area contributed by atoms with E-state index < -0.39 is 46.4 Å². The molecule has 3 rings (SSSR count). The Bertz CT molecular complexity index is 1040. The average molecular weight is 500 g/mol. The molecule has 0 spiro atoms. The zero-order valence-electron chi connectivity index (χ0n) is 20.9. The van der Waals surface area contributed by atoms with Gasteiger partial charge in [-0.05, 0) is 40.5 Å². The minimum Gasteiger partial charge on any atom is -0.465 e. The third-order valence-corrected chi connectivity index (χ3v) is 6.02. The summed E-state index contributed by atoms with van der Waals surface area (Å²) in [7, 11) is 1.04. The summed E-state index contributed by atoms with van der Waals surface area (Å²) in [6.45, 7) is 7.10. The van der Waals surface area contributed by atoms with Gasteiger partial charge in [0.15, 0.2) is 11.6 Å². The van der Waals surface area contributed by atoms with E-state index in [9.17, 15) is 14.4 Å². The van der Waals surface area contributed by atoms with Crippen molar-refractivity contribution in [3.05, 3.63) is 22.8 Å². The first-order valence-electron chi connectivity index (χ1n) is 11.5. The highest BCUT2D eigenvalue weighted by atomic mass is 19.2. The van der Waals surface area contributed by atoms with Crippen LogP contribution in [0.15, 0.2) is 0 Å². The van der Waals surface area contributed by atoms with Gasteiger partial charge in [0.1, 0.15) is 16.8 Å². The van der Waals surface area contributed by atoms with E-state index in [2.05, 4.69) is 10.1 Å². The lowest BCUT2D eigenvalue weighted by Gasteiger charge is -2.30. The monoisotopic (exact) mass is 499 g/mol. The number of esters is 1. The van der Waals surface area contributed by atoms with Crippen molar-refractivity contribution < 1.29 is 37.0 Å². The van der Waals surface area contributed by atoms with Crippen molar-refractivity contribution in [1.82, 2.24) is 5.32 Å². The van der Waals surface area contributed by atoms with Crippen LogP contribution in [0.1, 0.15) is 62.9 Å². The Labute approximate surface area is 202 Å². The van der Waals surface area contributed by atoms with Gasteiger partial charge in [-0.3, -0.25) is 4.79 Å². The number of amides is 2. The van der Waals surface area contributed by atoms with Crippen molar-refractivity contribution in [2.24, 2.45) is 0 Å². The van der Waals surface area contributed by atoms with Gasteiger partial charge in [0, 0.05) is 31.5 Å². The molecule has 35 heavy (non-hydrogen) atoms. The lowest BCUT2D eigenvalue weighted by molar-refractivity contribution is -0.116. The van der Waals surface area contributed by atoms with Crippen LogP contribution in [0.3, 0.4) is 0 Å². The molecule has 0 bridgehead atoms. The van der Waals surface area contributed by atoms with Gasteiger partial charge in [-0.2, -0.15) is 0 Å². The highest BCUT2D eigenvalue weighted by molar-refractivity contribution is 6.05. The standard InChI is InChI=1S/C24H32F3N3O5/c1-13-19(30(14(2)31)15-7-8-15)16(21(32)34-6)17(25)18(26)20(13)29-10-9-24(27,12-29)11-28-22(33)35-23(3,4)5/h15H,7-12H2,1-6H3,(H,28,33). The molecule has 0 radical (unpaired) electrons. The number of hydrogen-bond acceptors (Lipinski definition) is 6. The van der Waals surface area contributed by atoms with E-state index in [1.807, 2.05) is 0 Å². The minimum absolute atomic E-state index is 0.0320. The number of ether oxygens (including phenoxy) is 2. The fraction of sp³-hybridized carbons (Fsp3) is 0.625. The van der Waals surface area contributed by atoms with E-state index in [0.717, 1.165) is 7.11 Å². The number of carbonyl (C=O) groups excluding carboxylic acids is 3. The third kappa shape index (κ3) is 5.65. The fourth-order valence-electron chi connectivity index (χ4n) is 4.39. The maximum absolute atomic E-state index is 15.5. The molecule has 2 aliphatic rings. The molecule has 1 saturated heterocycles. The lowest BCUT2D eigenvalue weighted by Crippen LogP contribution is -2.43. The largest absolute Gasteiger partial charge is 0.465 e. The van der Waals surface area contributed by atoms with Gasteiger partial charge in [-0.15, -0.1) is 0 Å². The number of halogens is 3. The number of nitrogens with one attached hydrogen (secondary N) is 1. The van der Waals surface area contributed by atoms with Crippen LogP contribution in [0.2, 0.25) is 0 Å². The van der Waals surface area contributed by atoms with Crippen LogP contribution in [-0.2, 0) is 14.3 Å². The predicted molar refractivity (Wildman–Crippen MR) is 124 cm³/mol. The van der Waals surface area contributed by atoms with Crippen LogP contribution in [0.5, 0.6) is 0 Å². The van der Waals surface area contributed by atoms with Crippen molar-refractivity contribution in [3.8, 4) is 0 Å². The Morgan fingerprint density at radius 2 is 1.83 bits per heavy atom. The molecule has 1 aliphatic heterocycles. The molecule has 1 N–H and O–H groups in total. The molecular weight excluding hydrogens is 467 g/mol. The van der Waals surface area contributed by atoms with Crippen LogP contribution < -0.4 is 15.1 Å². The molecule has 194 valence electrons. The molecule has 1 atom stereocenters. The van der Waals surface area contributed by atoms with Gasteiger partial charge >= 0.3 is 12.1 Å². The predicted octanol–water partition coefficient (Wildman–Crippen LogP) is 4.02. The van der Waals surface area contributed by atoms with E-state index in [0.29, 0.717) is 12.8 Å². The maximum atomic E-state index is 15.5. The first kappa shape index (κ1) is 26.6. The number of alkyl halides is 1. The first-order valence-corrected chi connectivity index (χ1v) is 11.5. The summed E-state index contributed by atoms with van der Waals surface area (Å²) in [6.07, 6.45) is 0.465. The van der Waals surface area contributed by atoms with E-state index in [-0.39, 0.29) is 49.0 Å². The molecule has 8 nitrogen and oxygen atoms in total. The van der Waals surface area contributed by atoms with E-state index >= 15 is 13.2 Å². The quantitative estimate of drug-likeness (QED) is 0.595. The minimum atomic E-state index is -1.93. The first-order chi connectivity index (χ1) is 16.2. The van der Waals surface area contributed by atoms with E-state index in [1.165, 1.54) is 23.6 Å². The van der Waals surface area contributed by atoms with Gasteiger partial charge < -0.3 is 24.6 Å². The summed E-state index contributed by atoms with van der Waals surface area (Å²) in [6, 6.07) is -0.246. The zero-order valence-corrected chi connectivity index (χ0v) is 20.9. The SMILES string of the molecule is COC(=O)c1c(F)c(F)c(N2CCC(F)(CNC(=O)OC(C)(C)C)C2)c(C)c1N(C(C)=O)C1CC1. The smallest absolute Gasteiger partial charge is 0.407 e. The van der Waals surface area contributed by atoms with Gasteiger partial charge in [0.05, 0.1) is 31.6 Å². The number of rotatable bonds is 6. The van der Waals surface area contributed by atoms with Crippen LogP contribution in [0, 0.1) is 18.6 Å². The molecule has 11 heteroatoms. The number of hydrogen-bond donors (Lipinski definition) is 1. The Balaban J connectivity index is 1.96. The van der Waals surface area contributed by atoms with Crippen LogP contribution in [0.4, 0.5) is 29.3 Å². The molecule has 1 aromatic carbocycles. The maximum Gasteiger partial charge on any atom is 0.407 e. The van der Waals surface area contributed by atoms with Gasteiger partial charge in [0.25, 0.3) is 0 Å². The Hall–Kier alpha value is -2.98. The molecule has 1 aliphatic carbocycles. The third-order valence-electron chi connectivity index (χ3n) is 6.02.